The maximum atomic E-state index is 12.1. The average Bonchev–Trinajstić information content (AvgIpc) is 3.14. The van der Waals surface area contributed by atoms with Gasteiger partial charge in [-0.15, -0.1) is 0 Å². The van der Waals surface area contributed by atoms with Crippen molar-refractivity contribution < 1.29 is 8.42 Å². The molecule has 1 aliphatic heterocycles. The first-order chi connectivity index (χ1) is 14.0. The second-order valence-corrected chi connectivity index (χ2v) is 9.68. The van der Waals surface area contributed by atoms with Crippen LogP contribution in [0, 0.1) is 0 Å². The summed E-state index contributed by atoms with van der Waals surface area (Å²) >= 11 is 0. The fraction of sp³-hybridized carbons (Fsp3) is 0.421. The number of rotatable bonds is 6. The lowest BCUT2D eigenvalue weighted by Crippen LogP contribution is -2.38. The molecule has 3 aromatic heterocycles. The summed E-state index contributed by atoms with van der Waals surface area (Å²) in [6.45, 7) is 3.42. The van der Waals surface area contributed by atoms with E-state index >= 15 is 0 Å². The Morgan fingerprint density at radius 1 is 1.28 bits per heavy atom. The highest BCUT2D eigenvalue weighted by Crippen LogP contribution is 2.30. The highest BCUT2D eigenvalue weighted by atomic mass is 32.2. The van der Waals surface area contributed by atoms with Gasteiger partial charge in [-0.05, 0) is 36.9 Å². The lowest BCUT2D eigenvalue weighted by atomic mass is 9.94. The molecular formula is C19H25BN6O2S. The summed E-state index contributed by atoms with van der Waals surface area (Å²) in [5.41, 5.74) is 3.92. The first kappa shape index (κ1) is 19.8. The number of nitrogens with one attached hydrogen (secondary N) is 1. The van der Waals surface area contributed by atoms with Gasteiger partial charge in [0.2, 0.25) is 10.0 Å². The number of anilines is 1. The number of nitrogens with zero attached hydrogens (tertiary/aromatic N) is 5. The third kappa shape index (κ3) is 4.13. The lowest BCUT2D eigenvalue weighted by Gasteiger charge is -2.30. The molecule has 152 valence electrons. The van der Waals surface area contributed by atoms with E-state index in [1.807, 2.05) is 43.0 Å². The molecule has 1 N–H and O–H groups in total. The van der Waals surface area contributed by atoms with Crippen LogP contribution in [-0.2, 0) is 16.6 Å². The Hall–Kier alpha value is -2.46. The molecule has 0 aromatic carbocycles. The average molecular weight is 412 g/mol. The van der Waals surface area contributed by atoms with Gasteiger partial charge < -0.3 is 5.32 Å². The number of fused-ring (bicyclic) bond motifs is 1. The number of hydrogen-bond acceptors (Lipinski definition) is 6. The van der Waals surface area contributed by atoms with Crippen molar-refractivity contribution in [1.82, 2.24) is 23.9 Å². The van der Waals surface area contributed by atoms with Gasteiger partial charge in [0.25, 0.3) is 0 Å². The monoisotopic (exact) mass is 412 g/mol. The SMILES string of the molecule is Bc1cnn2c(NCc3cccnc3)cc(C3CCN(S(=O)(=O)CC)CC3)nc12. The van der Waals surface area contributed by atoms with E-state index in [1.165, 1.54) is 0 Å². The summed E-state index contributed by atoms with van der Waals surface area (Å²) in [6.07, 6.45) is 6.96. The molecule has 0 unspecified atom stereocenters. The normalized spacial score (nSPS) is 16.3. The van der Waals surface area contributed by atoms with E-state index in [0.29, 0.717) is 19.6 Å². The first-order valence-electron chi connectivity index (χ1n) is 9.94. The Bertz CT molecular complexity index is 1090. The van der Waals surface area contributed by atoms with Crippen molar-refractivity contribution >= 4 is 34.8 Å². The molecule has 0 radical (unpaired) electrons. The number of piperidine rings is 1. The van der Waals surface area contributed by atoms with Crippen LogP contribution in [-0.4, -0.2) is 59.0 Å². The maximum Gasteiger partial charge on any atom is 0.213 e. The predicted molar refractivity (Wildman–Crippen MR) is 116 cm³/mol. The van der Waals surface area contributed by atoms with E-state index in [4.69, 9.17) is 4.98 Å². The highest BCUT2D eigenvalue weighted by molar-refractivity contribution is 7.89. The number of hydrogen-bond donors (Lipinski definition) is 1. The molecule has 4 rings (SSSR count). The second-order valence-electron chi connectivity index (χ2n) is 7.42. The molecule has 1 saturated heterocycles. The van der Waals surface area contributed by atoms with Gasteiger partial charge in [-0.1, -0.05) is 6.07 Å². The largest absolute Gasteiger partial charge is 0.366 e. The van der Waals surface area contributed by atoms with Crippen LogP contribution in [0.25, 0.3) is 5.65 Å². The maximum absolute atomic E-state index is 12.1. The van der Waals surface area contributed by atoms with Crippen molar-refractivity contribution in [2.24, 2.45) is 0 Å². The van der Waals surface area contributed by atoms with Crippen LogP contribution in [0.5, 0.6) is 0 Å². The number of sulfonamides is 1. The van der Waals surface area contributed by atoms with E-state index in [0.717, 1.165) is 41.0 Å². The fourth-order valence-corrected chi connectivity index (χ4v) is 4.87. The van der Waals surface area contributed by atoms with E-state index in [9.17, 15) is 8.42 Å². The van der Waals surface area contributed by atoms with Crippen LogP contribution in [0.15, 0.2) is 36.8 Å². The minimum absolute atomic E-state index is 0.152. The van der Waals surface area contributed by atoms with Gasteiger partial charge in [0.1, 0.15) is 13.7 Å². The molecule has 0 atom stereocenters. The van der Waals surface area contributed by atoms with Crippen LogP contribution in [0.1, 0.15) is 36.9 Å². The molecule has 3 aromatic rings. The van der Waals surface area contributed by atoms with Crippen molar-refractivity contribution in [3.63, 3.8) is 0 Å². The zero-order valence-electron chi connectivity index (χ0n) is 16.7. The summed E-state index contributed by atoms with van der Waals surface area (Å²) in [5.74, 6) is 1.27. The van der Waals surface area contributed by atoms with Crippen molar-refractivity contribution in [1.29, 1.82) is 0 Å². The minimum Gasteiger partial charge on any atom is -0.366 e. The van der Waals surface area contributed by atoms with Crippen LogP contribution in [0.4, 0.5) is 5.82 Å². The lowest BCUT2D eigenvalue weighted by molar-refractivity contribution is 0.317. The standard InChI is InChI=1S/C19H25BN6O2S/c1-2-29(27,28)25-8-5-15(6-9-25)17-10-18(22-12-14-4-3-7-21-11-14)26-19(24-17)16(20)13-23-26/h3-4,7,10-11,13,15,22H,2,5-6,8-9,12,20H2,1H3. The smallest absolute Gasteiger partial charge is 0.213 e. The molecule has 0 aliphatic carbocycles. The van der Waals surface area contributed by atoms with Crippen molar-refractivity contribution in [3.8, 4) is 0 Å². The Morgan fingerprint density at radius 3 is 2.76 bits per heavy atom. The van der Waals surface area contributed by atoms with Crippen molar-refractivity contribution in [3.05, 3.63) is 48.0 Å². The van der Waals surface area contributed by atoms with Gasteiger partial charge >= 0.3 is 0 Å². The van der Waals surface area contributed by atoms with Crippen molar-refractivity contribution in [2.45, 2.75) is 32.2 Å². The van der Waals surface area contributed by atoms with Gasteiger partial charge in [-0.3, -0.25) is 4.98 Å². The topological polar surface area (TPSA) is 92.5 Å². The molecule has 0 spiro atoms. The summed E-state index contributed by atoms with van der Waals surface area (Å²) < 4.78 is 27.7. The number of aromatic nitrogens is 4. The van der Waals surface area contributed by atoms with Crippen LogP contribution in [0.2, 0.25) is 0 Å². The van der Waals surface area contributed by atoms with Crippen molar-refractivity contribution in [2.75, 3.05) is 24.2 Å². The first-order valence-corrected chi connectivity index (χ1v) is 11.5. The Labute approximate surface area is 171 Å². The number of pyridine rings is 1. The van der Waals surface area contributed by atoms with Gasteiger partial charge in [-0.2, -0.15) is 9.61 Å². The van der Waals surface area contributed by atoms with E-state index in [-0.39, 0.29) is 11.7 Å². The van der Waals surface area contributed by atoms with Gasteiger partial charge in [0, 0.05) is 55.9 Å². The Morgan fingerprint density at radius 2 is 2.07 bits per heavy atom. The van der Waals surface area contributed by atoms with Gasteiger partial charge in [0.15, 0.2) is 5.65 Å². The third-order valence-electron chi connectivity index (χ3n) is 5.49. The molecule has 0 amide bonds. The van der Waals surface area contributed by atoms with E-state index < -0.39 is 10.0 Å². The molecule has 10 heteroatoms. The van der Waals surface area contributed by atoms with E-state index in [2.05, 4.69) is 15.4 Å². The molecule has 8 nitrogen and oxygen atoms in total. The zero-order chi connectivity index (χ0) is 20.4. The highest BCUT2D eigenvalue weighted by Gasteiger charge is 2.28. The molecule has 1 aliphatic rings. The summed E-state index contributed by atoms with van der Waals surface area (Å²) in [4.78, 5) is 9.02. The second kappa shape index (κ2) is 8.12. The summed E-state index contributed by atoms with van der Waals surface area (Å²) in [6, 6.07) is 5.99. The predicted octanol–water partition coefficient (Wildman–Crippen LogP) is 0.524. The van der Waals surface area contributed by atoms with Gasteiger partial charge in [0.05, 0.1) is 5.75 Å². The fourth-order valence-electron chi connectivity index (χ4n) is 3.73. The quantitative estimate of drug-likeness (QED) is 0.594. The van der Waals surface area contributed by atoms with Crippen LogP contribution >= 0.6 is 0 Å². The van der Waals surface area contributed by atoms with Crippen LogP contribution in [0.3, 0.4) is 0 Å². The molecule has 0 saturated carbocycles. The van der Waals surface area contributed by atoms with Gasteiger partial charge in [-0.25, -0.2) is 17.7 Å². The molecular weight excluding hydrogens is 387 g/mol. The van der Waals surface area contributed by atoms with Crippen LogP contribution < -0.4 is 10.8 Å². The zero-order valence-corrected chi connectivity index (χ0v) is 17.6. The molecule has 29 heavy (non-hydrogen) atoms. The summed E-state index contributed by atoms with van der Waals surface area (Å²) in [5, 5.41) is 7.91. The Kier molecular flexibility index (Phi) is 5.55. The minimum atomic E-state index is -3.13. The summed E-state index contributed by atoms with van der Waals surface area (Å²) in [7, 11) is -1.13. The molecule has 4 heterocycles. The third-order valence-corrected chi connectivity index (χ3v) is 7.38. The Balaban J connectivity index is 1.58. The molecule has 0 bridgehead atoms. The van der Waals surface area contributed by atoms with E-state index in [1.54, 1.807) is 17.4 Å². The molecule has 1 fully saturated rings.